The first-order valence-corrected chi connectivity index (χ1v) is 16.6. The van der Waals surface area contributed by atoms with Crippen molar-refractivity contribution in [1.82, 2.24) is 14.9 Å². The summed E-state index contributed by atoms with van der Waals surface area (Å²) in [6, 6.07) is 7.00. The Bertz CT molecular complexity index is 1720. The Morgan fingerprint density at radius 3 is 2.56 bits per heavy atom. The molecule has 15 heteroatoms. The van der Waals surface area contributed by atoms with Gasteiger partial charge in [-0.2, -0.15) is 0 Å². The van der Waals surface area contributed by atoms with Crippen molar-refractivity contribution in [2.45, 2.75) is 60.5 Å². The van der Waals surface area contributed by atoms with Gasteiger partial charge in [-0.15, -0.1) is 11.6 Å². The number of ether oxygens (including phenoxy) is 1. The van der Waals surface area contributed by atoms with Crippen LogP contribution in [0.25, 0.3) is 5.69 Å². The number of halogens is 4. The molecule has 2 unspecified atom stereocenters. The number of aliphatic carboxylic acids is 1. The van der Waals surface area contributed by atoms with Gasteiger partial charge in [0.1, 0.15) is 17.7 Å². The quantitative estimate of drug-likeness (QED) is 0.0541. The molecule has 1 heterocycles. The summed E-state index contributed by atoms with van der Waals surface area (Å²) in [5.74, 6) is -3.30. The second-order valence-electron chi connectivity index (χ2n) is 11.5. The third kappa shape index (κ3) is 8.76. The smallest absolute Gasteiger partial charge is 0.326 e. The van der Waals surface area contributed by atoms with Gasteiger partial charge in [0.05, 0.1) is 23.4 Å². The number of carboxylic acid groups (broad SMARTS) is 1. The van der Waals surface area contributed by atoms with Gasteiger partial charge in [-0.3, -0.25) is 14.4 Å². The second kappa shape index (κ2) is 16.0. The SMILES string of the molecule is COC1C=C(C(C)(C)c2cnc(SCc3c(F)cc(C(=O)N[C@@H](CCCN=C(N)N)C(=O)O)cc3Cl)n2-c2ccc(F)cc2)C=CC1Cl. The van der Waals surface area contributed by atoms with Crippen LogP contribution < -0.4 is 16.8 Å². The molecule has 3 atom stereocenters. The minimum absolute atomic E-state index is 0.0218. The normalized spacial score (nSPS) is 16.7. The maximum Gasteiger partial charge on any atom is 0.326 e. The number of amides is 1. The number of carbonyl (C=O) groups excluding carboxylic acids is 1. The zero-order valence-corrected chi connectivity index (χ0v) is 28.8. The molecule has 0 fully saturated rings. The zero-order valence-electron chi connectivity index (χ0n) is 26.4. The van der Waals surface area contributed by atoms with Crippen molar-refractivity contribution in [3.63, 3.8) is 0 Å². The molecule has 3 aromatic rings. The Balaban J connectivity index is 1.59. The number of aromatic nitrogens is 2. The van der Waals surface area contributed by atoms with E-state index in [0.717, 1.165) is 17.3 Å². The lowest BCUT2D eigenvalue weighted by molar-refractivity contribution is -0.139. The number of alkyl halides is 1. The lowest BCUT2D eigenvalue weighted by atomic mass is 9.78. The standard InChI is InChI=1S/C33H36Cl2F2N6O4S/c1-33(2,19-6-11-23(34)27(15-19)47-3)28-16-41-32(43(28)21-9-7-20(36)8-10-21)48-17-22-24(35)13-18(14-25(22)37)29(44)42-26(30(45)46)5-4-12-40-31(38)39/h6-11,13-16,23,26-27H,4-5,12,17H2,1-3H3,(H,42,44)(H,45,46)(H4,38,39,40)/t23?,26-,27?/m0/s1. The van der Waals surface area contributed by atoms with Gasteiger partial charge in [-0.1, -0.05) is 49.4 Å². The number of carboxylic acids is 1. The Labute approximate surface area is 291 Å². The first-order valence-electron chi connectivity index (χ1n) is 14.8. The number of methoxy groups -OCH3 is 1. The summed E-state index contributed by atoms with van der Waals surface area (Å²) in [4.78, 5) is 33.0. The number of guanidine groups is 1. The maximum atomic E-state index is 15.5. The fourth-order valence-electron chi connectivity index (χ4n) is 5.12. The summed E-state index contributed by atoms with van der Waals surface area (Å²) in [5, 5.41) is 12.1. The summed E-state index contributed by atoms with van der Waals surface area (Å²) < 4.78 is 36.8. The van der Waals surface area contributed by atoms with Crippen LogP contribution in [0.5, 0.6) is 0 Å². The summed E-state index contributed by atoms with van der Waals surface area (Å²) in [5.41, 5.74) is 12.3. The number of carbonyl (C=O) groups is 2. The predicted molar refractivity (Wildman–Crippen MR) is 184 cm³/mol. The number of nitrogens with two attached hydrogens (primary N) is 2. The van der Waals surface area contributed by atoms with Crippen LogP contribution in [0.4, 0.5) is 8.78 Å². The number of benzene rings is 2. The number of thioether (sulfide) groups is 1. The molecule has 2 aromatic carbocycles. The average Bonchev–Trinajstić information content (AvgIpc) is 3.47. The van der Waals surface area contributed by atoms with Crippen molar-refractivity contribution in [2.24, 2.45) is 16.5 Å². The van der Waals surface area contributed by atoms with Crippen molar-refractivity contribution < 1.29 is 28.2 Å². The summed E-state index contributed by atoms with van der Waals surface area (Å²) in [7, 11) is 1.59. The zero-order chi connectivity index (χ0) is 35.2. The molecular formula is C33H36Cl2F2N6O4S. The molecule has 256 valence electrons. The Kier molecular flexibility index (Phi) is 12.3. The van der Waals surface area contributed by atoms with Gasteiger partial charge in [0.15, 0.2) is 11.1 Å². The highest BCUT2D eigenvalue weighted by Gasteiger charge is 2.33. The molecule has 48 heavy (non-hydrogen) atoms. The predicted octanol–water partition coefficient (Wildman–Crippen LogP) is 5.73. The van der Waals surface area contributed by atoms with Crippen LogP contribution >= 0.6 is 35.0 Å². The van der Waals surface area contributed by atoms with E-state index in [1.165, 1.54) is 30.0 Å². The van der Waals surface area contributed by atoms with Gasteiger partial charge in [0.25, 0.3) is 5.91 Å². The topological polar surface area (TPSA) is 158 Å². The number of hydrogen-bond donors (Lipinski definition) is 4. The van der Waals surface area contributed by atoms with Crippen LogP contribution in [0.2, 0.25) is 5.02 Å². The van der Waals surface area contributed by atoms with E-state index in [2.05, 4.69) is 15.3 Å². The molecule has 0 radical (unpaired) electrons. The third-order valence-electron chi connectivity index (χ3n) is 7.86. The molecular weight excluding hydrogens is 685 g/mol. The van der Waals surface area contributed by atoms with Crippen LogP contribution in [-0.2, 0) is 20.7 Å². The molecule has 0 bridgehead atoms. The van der Waals surface area contributed by atoms with Crippen LogP contribution in [0.1, 0.15) is 48.3 Å². The maximum absolute atomic E-state index is 15.5. The molecule has 0 aliphatic heterocycles. The Hall–Kier alpha value is -3.91. The molecule has 1 aromatic heterocycles. The molecule has 0 spiro atoms. The van der Waals surface area contributed by atoms with Crippen molar-refractivity contribution in [2.75, 3.05) is 13.7 Å². The van der Waals surface area contributed by atoms with E-state index in [9.17, 15) is 19.1 Å². The first kappa shape index (κ1) is 36.9. The molecule has 0 saturated heterocycles. The van der Waals surface area contributed by atoms with Gasteiger partial charge < -0.3 is 26.6 Å². The van der Waals surface area contributed by atoms with Crippen LogP contribution in [0.3, 0.4) is 0 Å². The Morgan fingerprint density at radius 1 is 1.23 bits per heavy atom. The molecule has 4 rings (SSSR count). The van der Waals surface area contributed by atoms with Crippen molar-refractivity contribution in [3.05, 3.63) is 99.9 Å². The summed E-state index contributed by atoms with van der Waals surface area (Å²) >= 11 is 14.1. The number of allylic oxidation sites excluding steroid dienone is 2. The van der Waals surface area contributed by atoms with E-state index in [1.54, 1.807) is 25.4 Å². The van der Waals surface area contributed by atoms with Gasteiger partial charge in [-0.05, 0) is 60.9 Å². The largest absolute Gasteiger partial charge is 0.480 e. The fourth-order valence-corrected chi connectivity index (χ4v) is 6.75. The summed E-state index contributed by atoms with van der Waals surface area (Å²) in [6.07, 6.45) is 7.51. The second-order valence-corrected chi connectivity index (χ2v) is 13.4. The van der Waals surface area contributed by atoms with Crippen molar-refractivity contribution >= 4 is 52.8 Å². The van der Waals surface area contributed by atoms with Gasteiger partial charge in [-0.25, -0.2) is 18.6 Å². The Morgan fingerprint density at radius 2 is 1.94 bits per heavy atom. The highest BCUT2D eigenvalue weighted by atomic mass is 35.5. The van der Waals surface area contributed by atoms with Gasteiger partial charge >= 0.3 is 5.97 Å². The van der Waals surface area contributed by atoms with Crippen molar-refractivity contribution in [3.8, 4) is 5.69 Å². The average molecular weight is 722 g/mol. The lowest BCUT2D eigenvalue weighted by Crippen LogP contribution is -2.41. The number of rotatable bonds is 14. The van der Waals surface area contributed by atoms with E-state index < -0.39 is 35.0 Å². The number of nitrogens with zero attached hydrogens (tertiary/aromatic N) is 3. The van der Waals surface area contributed by atoms with E-state index in [4.69, 9.17) is 39.4 Å². The molecule has 6 N–H and O–H groups in total. The van der Waals surface area contributed by atoms with Crippen molar-refractivity contribution in [1.29, 1.82) is 0 Å². The van der Waals surface area contributed by atoms with E-state index in [-0.39, 0.29) is 52.3 Å². The number of nitrogens with one attached hydrogen (secondary N) is 1. The molecule has 1 amide bonds. The van der Waals surface area contributed by atoms with E-state index >= 15 is 4.39 Å². The highest BCUT2D eigenvalue weighted by molar-refractivity contribution is 7.98. The third-order valence-corrected chi connectivity index (χ3v) is 9.57. The monoisotopic (exact) mass is 720 g/mol. The fraction of sp³-hybridized carbons (Fsp3) is 0.333. The van der Waals surface area contributed by atoms with Gasteiger partial charge in [0, 0.05) is 46.7 Å². The lowest BCUT2D eigenvalue weighted by Gasteiger charge is -2.32. The van der Waals surface area contributed by atoms with E-state index in [0.29, 0.717) is 17.3 Å². The van der Waals surface area contributed by atoms with Crippen LogP contribution in [-0.4, -0.2) is 63.7 Å². The molecule has 1 aliphatic rings. The van der Waals surface area contributed by atoms with E-state index in [1.807, 2.05) is 36.6 Å². The number of aliphatic imine (C=N–C) groups is 1. The van der Waals surface area contributed by atoms with Crippen LogP contribution in [0.15, 0.2) is 76.5 Å². The highest BCUT2D eigenvalue weighted by Crippen LogP contribution is 2.40. The summed E-state index contributed by atoms with van der Waals surface area (Å²) in [6.45, 7) is 4.23. The molecule has 10 nitrogen and oxygen atoms in total. The first-order chi connectivity index (χ1) is 22.7. The van der Waals surface area contributed by atoms with Gasteiger partial charge in [0.2, 0.25) is 0 Å². The van der Waals surface area contributed by atoms with Crippen LogP contribution in [0, 0.1) is 11.6 Å². The number of hydrogen-bond acceptors (Lipinski definition) is 6. The molecule has 0 saturated carbocycles. The minimum atomic E-state index is -1.26. The number of imidazole rings is 1. The minimum Gasteiger partial charge on any atom is -0.480 e. The molecule has 1 aliphatic carbocycles.